The molecular weight excluding hydrogens is 264 g/mol. The molecule has 0 saturated heterocycles. The molecule has 110 valence electrons. The fourth-order valence-corrected chi connectivity index (χ4v) is 2.10. The second kappa shape index (κ2) is 6.90. The molecule has 0 radical (unpaired) electrons. The highest BCUT2D eigenvalue weighted by molar-refractivity contribution is 5.81. The van der Waals surface area contributed by atoms with Gasteiger partial charge in [0, 0.05) is 6.54 Å². The minimum Gasteiger partial charge on any atom is -0.508 e. The van der Waals surface area contributed by atoms with E-state index in [9.17, 15) is 9.90 Å². The van der Waals surface area contributed by atoms with E-state index in [2.05, 4.69) is 5.32 Å². The molecule has 2 rings (SSSR count). The van der Waals surface area contributed by atoms with Gasteiger partial charge in [0.05, 0.1) is 6.04 Å². The summed E-state index contributed by atoms with van der Waals surface area (Å²) in [6.07, 6.45) is 0.444. The molecule has 0 aliphatic heterocycles. The van der Waals surface area contributed by atoms with Crippen molar-refractivity contribution in [2.24, 2.45) is 5.73 Å². The van der Waals surface area contributed by atoms with Crippen LogP contribution in [0.5, 0.6) is 5.75 Å². The van der Waals surface area contributed by atoms with Crippen LogP contribution in [0.3, 0.4) is 0 Å². The van der Waals surface area contributed by atoms with Crippen molar-refractivity contribution >= 4 is 5.91 Å². The Morgan fingerprint density at radius 3 is 2.52 bits per heavy atom. The Balaban J connectivity index is 1.88. The number of hydrogen-bond acceptors (Lipinski definition) is 3. The third kappa shape index (κ3) is 4.33. The lowest BCUT2D eigenvalue weighted by Gasteiger charge is -2.13. The summed E-state index contributed by atoms with van der Waals surface area (Å²) in [6.45, 7) is 2.49. The van der Waals surface area contributed by atoms with Gasteiger partial charge < -0.3 is 16.2 Å². The Hall–Kier alpha value is -2.33. The molecule has 1 unspecified atom stereocenters. The molecule has 2 aromatic carbocycles. The quantitative estimate of drug-likeness (QED) is 0.785. The average Bonchev–Trinajstić information content (AvgIpc) is 2.48. The summed E-state index contributed by atoms with van der Waals surface area (Å²) in [4.78, 5) is 12.0. The zero-order valence-corrected chi connectivity index (χ0v) is 12.0. The number of aryl methyl sites for hydroxylation is 1. The van der Waals surface area contributed by atoms with Gasteiger partial charge >= 0.3 is 0 Å². The summed E-state index contributed by atoms with van der Waals surface area (Å²) >= 11 is 0. The standard InChI is InChI=1S/C17H20N2O2/c1-12-4-2-3-5-14(12)11-19-17(21)16(18)10-13-6-8-15(20)9-7-13/h2-9,16,20H,10-11,18H2,1H3,(H,19,21). The molecule has 0 saturated carbocycles. The predicted molar refractivity (Wildman–Crippen MR) is 82.8 cm³/mol. The summed E-state index contributed by atoms with van der Waals surface area (Å²) in [5, 5.41) is 12.1. The number of carbonyl (C=O) groups excluding carboxylic acids is 1. The summed E-state index contributed by atoms with van der Waals surface area (Å²) in [5.74, 6) is 0.0302. The predicted octanol–water partition coefficient (Wildman–Crippen LogP) is 1.89. The minimum absolute atomic E-state index is 0.175. The molecule has 0 spiro atoms. The Labute approximate surface area is 124 Å². The van der Waals surface area contributed by atoms with Crippen molar-refractivity contribution in [2.45, 2.75) is 25.9 Å². The molecule has 1 atom stereocenters. The molecule has 4 nitrogen and oxygen atoms in total. The average molecular weight is 284 g/mol. The van der Waals surface area contributed by atoms with Crippen LogP contribution in [0.15, 0.2) is 48.5 Å². The third-order valence-electron chi connectivity index (χ3n) is 3.44. The number of phenols is 1. The lowest BCUT2D eigenvalue weighted by atomic mass is 10.1. The van der Waals surface area contributed by atoms with E-state index in [0.29, 0.717) is 13.0 Å². The SMILES string of the molecule is Cc1ccccc1CNC(=O)C(N)Cc1ccc(O)cc1. The second-order valence-electron chi connectivity index (χ2n) is 5.12. The van der Waals surface area contributed by atoms with Crippen LogP contribution in [0.2, 0.25) is 0 Å². The van der Waals surface area contributed by atoms with Gasteiger partial charge in [0.2, 0.25) is 5.91 Å². The van der Waals surface area contributed by atoms with E-state index in [4.69, 9.17) is 5.73 Å². The molecule has 1 amide bonds. The largest absolute Gasteiger partial charge is 0.508 e. The number of nitrogens with two attached hydrogens (primary N) is 1. The maximum absolute atomic E-state index is 12.0. The van der Waals surface area contributed by atoms with Gasteiger partial charge in [-0.05, 0) is 42.2 Å². The Kier molecular flexibility index (Phi) is 4.95. The first-order valence-electron chi connectivity index (χ1n) is 6.92. The highest BCUT2D eigenvalue weighted by Crippen LogP contribution is 2.11. The van der Waals surface area contributed by atoms with Crippen LogP contribution in [-0.4, -0.2) is 17.1 Å². The van der Waals surface area contributed by atoms with Crippen LogP contribution in [0.4, 0.5) is 0 Å². The molecule has 0 bridgehead atoms. The number of carbonyl (C=O) groups is 1. The van der Waals surface area contributed by atoms with E-state index in [-0.39, 0.29) is 11.7 Å². The highest BCUT2D eigenvalue weighted by atomic mass is 16.3. The molecule has 4 N–H and O–H groups in total. The van der Waals surface area contributed by atoms with Crippen molar-refractivity contribution in [3.8, 4) is 5.75 Å². The normalized spacial score (nSPS) is 11.9. The maximum atomic E-state index is 12.0. The van der Waals surface area contributed by atoms with Gasteiger partial charge in [-0.1, -0.05) is 36.4 Å². The smallest absolute Gasteiger partial charge is 0.237 e. The molecule has 4 heteroatoms. The zero-order valence-electron chi connectivity index (χ0n) is 12.0. The Morgan fingerprint density at radius 1 is 1.19 bits per heavy atom. The van der Waals surface area contributed by atoms with E-state index < -0.39 is 6.04 Å². The summed E-state index contributed by atoms with van der Waals surface area (Å²) in [6, 6.07) is 14.0. The van der Waals surface area contributed by atoms with Crippen LogP contribution >= 0.6 is 0 Å². The monoisotopic (exact) mass is 284 g/mol. The minimum atomic E-state index is -0.599. The van der Waals surface area contributed by atoms with Crippen molar-refractivity contribution in [1.82, 2.24) is 5.32 Å². The van der Waals surface area contributed by atoms with Crippen LogP contribution in [0.25, 0.3) is 0 Å². The molecule has 0 aromatic heterocycles. The van der Waals surface area contributed by atoms with Crippen LogP contribution in [-0.2, 0) is 17.8 Å². The topological polar surface area (TPSA) is 75.4 Å². The van der Waals surface area contributed by atoms with Gasteiger partial charge in [-0.25, -0.2) is 0 Å². The highest BCUT2D eigenvalue weighted by Gasteiger charge is 2.14. The van der Waals surface area contributed by atoms with E-state index in [1.165, 1.54) is 0 Å². The van der Waals surface area contributed by atoms with Crippen molar-refractivity contribution in [1.29, 1.82) is 0 Å². The number of amides is 1. The number of aromatic hydroxyl groups is 1. The first-order chi connectivity index (χ1) is 10.1. The molecule has 2 aromatic rings. The first kappa shape index (κ1) is 15.1. The Morgan fingerprint density at radius 2 is 1.86 bits per heavy atom. The maximum Gasteiger partial charge on any atom is 0.237 e. The van der Waals surface area contributed by atoms with E-state index >= 15 is 0 Å². The summed E-state index contributed by atoms with van der Waals surface area (Å²) in [7, 11) is 0. The molecule has 21 heavy (non-hydrogen) atoms. The molecular formula is C17H20N2O2. The molecule has 0 fully saturated rings. The third-order valence-corrected chi connectivity index (χ3v) is 3.44. The van der Waals surface area contributed by atoms with Crippen LogP contribution < -0.4 is 11.1 Å². The second-order valence-corrected chi connectivity index (χ2v) is 5.12. The van der Waals surface area contributed by atoms with Gasteiger partial charge in [-0.2, -0.15) is 0 Å². The fraction of sp³-hybridized carbons (Fsp3) is 0.235. The molecule has 0 heterocycles. The van der Waals surface area contributed by atoms with E-state index in [0.717, 1.165) is 16.7 Å². The van der Waals surface area contributed by atoms with Gasteiger partial charge in [0.1, 0.15) is 5.75 Å². The molecule has 0 aliphatic carbocycles. The van der Waals surface area contributed by atoms with Crippen LogP contribution in [0.1, 0.15) is 16.7 Å². The van der Waals surface area contributed by atoms with Gasteiger partial charge in [0.15, 0.2) is 0 Å². The fourth-order valence-electron chi connectivity index (χ4n) is 2.10. The Bertz CT molecular complexity index is 608. The first-order valence-corrected chi connectivity index (χ1v) is 6.92. The molecule has 0 aliphatic rings. The number of nitrogens with one attached hydrogen (secondary N) is 1. The lowest BCUT2D eigenvalue weighted by molar-refractivity contribution is -0.122. The number of rotatable bonds is 5. The van der Waals surface area contributed by atoms with Crippen molar-refractivity contribution in [3.05, 3.63) is 65.2 Å². The number of phenolic OH excluding ortho intramolecular Hbond substituents is 1. The van der Waals surface area contributed by atoms with Crippen molar-refractivity contribution < 1.29 is 9.90 Å². The number of benzene rings is 2. The van der Waals surface area contributed by atoms with Crippen molar-refractivity contribution in [2.75, 3.05) is 0 Å². The summed E-state index contributed by atoms with van der Waals surface area (Å²) in [5.41, 5.74) is 9.07. The van der Waals surface area contributed by atoms with E-state index in [1.807, 2.05) is 31.2 Å². The van der Waals surface area contributed by atoms with Gasteiger partial charge in [0.25, 0.3) is 0 Å². The summed E-state index contributed by atoms with van der Waals surface area (Å²) < 4.78 is 0. The number of hydrogen-bond donors (Lipinski definition) is 3. The van der Waals surface area contributed by atoms with Crippen LogP contribution in [0, 0.1) is 6.92 Å². The van der Waals surface area contributed by atoms with Gasteiger partial charge in [-0.15, -0.1) is 0 Å². The van der Waals surface area contributed by atoms with E-state index in [1.54, 1.807) is 24.3 Å². The van der Waals surface area contributed by atoms with Crippen molar-refractivity contribution in [3.63, 3.8) is 0 Å². The zero-order chi connectivity index (χ0) is 15.2. The lowest BCUT2D eigenvalue weighted by Crippen LogP contribution is -2.41. The van der Waals surface area contributed by atoms with Gasteiger partial charge in [-0.3, -0.25) is 4.79 Å².